The first-order chi connectivity index (χ1) is 12.1. The Morgan fingerprint density at radius 2 is 1.85 bits per heavy atom. The van der Waals surface area contributed by atoms with Crippen LogP contribution in [0.2, 0.25) is 0 Å². The molecule has 0 aliphatic rings. The van der Waals surface area contributed by atoms with Gasteiger partial charge in [-0.25, -0.2) is 4.99 Å². The molecule has 0 saturated heterocycles. The predicted molar refractivity (Wildman–Crippen MR) is 119 cm³/mol. The molecular weight excluding hydrogens is 441 g/mol. The zero-order chi connectivity index (χ0) is 18.1. The second kappa shape index (κ2) is 11.7. The molecule has 0 aliphatic heterocycles. The quantitative estimate of drug-likeness (QED) is 0.343. The molecule has 0 amide bonds. The van der Waals surface area contributed by atoms with Crippen molar-refractivity contribution in [2.24, 2.45) is 10.7 Å². The van der Waals surface area contributed by atoms with Crippen molar-refractivity contribution in [3.05, 3.63) is 59.7 Å². The Labute approximate surface area is 173 Å². The van der Waals surface area contributed by atoms with Crippen molar-refractivity contribution >= 4 is 35.6 Å². The third kappa shape index (κ3) is 6.84. The summed E-state index contributed by atoms with van der Waals surface area (Å²) >= 11 is 0. The number of methoxy groups -OCH3 is 1. The Bertz CT molecular complexity index is 707. The topological polar surface area (TPSA) is 68.9 Å². The molecule has 26 heavy (non-hydrogen) atoms. The maximum absolute atomic E-state index is 6.05. The van der Waals surface area contributed by atoms with Crippen LogP contribution in [-0.2, 0) is 11.3 Å². The van der Waals surface area contributed by atoms with Gasteiger partial charge in [-0.05, 0) is 31.0 Å². The summed E-state index contributed by atoms with van der Waals surface area (Å²) in [5.41, 5.74) is 9.09. The van der Waals surface area contributed by atoms with Crippen LogP contribution in [0.15, 0.2) is 53.5 Å². The molecule has 3 N–H and O–H groups in total. The highest BCUT2D eigenvalue weighted by atomic mass is 127. The fourth-order valence-corrected chi connectivity index (χ4v) is 2.42. The van der Waals surface area contributed by atoms with Gasteiger partial charge in [0.15, 0.2) is 5.96 Å². The molecule has 2 aromatic rings. The lowest BCUT2D eigenvalue weighted by atomic mass is 10.2. The number of nitrogens with two attached hydrogens (primary N) is 1. The minimum absolute atomic E-state index is 0. The van der Waals surface area contributed by atoms with Crippen molar-refractivity contribution < 1.29 is 9.47 Å². The minimum atomic E-state index is -0.0179. The van der Waals surface area contributed by atoms with Gasteiger partial charge in [-0.1, -0.05) is 43.3 Å². The van der Waals surface area contributed by atoms with E-state index in [0.29, 0.717) is 19.1 Å². The summed E-state index contributed by atoms with van der Waals surface area (Å²) in [6, 6.07) is 15.9. The largest absolute Gasteiger partial charge is 0.488 e. The summed E-state index contributed by atoms with van der Waals surface area (Å²) in [6.07, 6.45) is 0.835. The van der Waals surface area contributed by atoms with Gasteiger partial charge in [-0.3, -0.25) is 0 Å². The Morgan fingerprint density at radius 3 is 2.54 bits per heavy atom. The summed E-state index contributed by atoms with van der Waals surface area (Å²) in [4.78, 5) is 4.44. The minimum Gasteiger partial charge on any atom is -0.488 e. The van der Waals surface area contributed by atoms with Crippen LogP contribution in [0.1, 0.15) is 24.5 Å². The summed E-state index contributed by atoms with van der Waals surface area (Å²) in [6.45, 7) is 5.13. The van der Waals surface area contributed by atoms with Gasteiger partial charge in [0.25, 0.3) is 0 Å². The lowest BCUT2D eigenvalue weighted by Crippen LogP contribution is -2.27. The summed E-state index contributed by atoms with van der Waals surface area (Å²) in [7, 11) is 1.67. The van der Waals surface area contributed by atoms with E-state index in [-0.39, 0.29) is 30.1 Å². The number of para-hydroxylation sites is 2. The Morgan fingerprint density at radius 1 is 1.15 bits per heavy atom. The number of aryl methyl sites for hydroxylation is 1. The Hall–Kier alpha value is -1.80. The van der Waals surface area contributed by atoms with Crippen LogP contribution >= 0.6 is 24.0 Å². The molecule has 0 saturated carbocycles. The number of hydrogen-bond acceptors (Lipinski definition) is 3. The number of rotatable bonds is 8. The van der Waals surface area contributed by atoms with Crippen LogP contribution in [0, 0.1) is 6.92 Å². The van der Waals surface area contributed by atoms with Crippen molar-refractivity contribution in [2.75, 3.05) is 19.0 Å². The third-order valence-electron chi connectivity index (χ3n) is 3.89. The SMILES string of the molecule is CCC(CN=C(N)Nc1ccccc1COC)Oc1ccccc1C.I. The summed E-state index contributed by atoms with van der Waals surface area (Å²) < 4.78 is 11.2. The van der Waals surface area contributed by atoms with E-state index < -0.39 is 0 Å². The zero-order valence-corrected chi connectivity index (χ0v) is 17.9. The highest BCUT2D eigenvalue weighted by Gasteiger charge is 2.10. The van der Waals surface area contributed by atoms with Gasteiger partial charge in [-0.15, -0.1) is 24.0 Å². The lowest BCUT2D eigenvalue weighted by molar-refractivity contribution is 0.185. The van der Waals surface area contributed by atoms with E-state index in [9.17, 15) is 0 Å². The van der Waals surface area contributed by atoms with E-state index in [1.807, 2.05) is 55.5 Å². The zero-order valence-electron chi connectivity index (χ0n) is 15.6. The third-order valence-corrected chi connectivity index (χ3v) is 3.89. The molecular formula is C20H28IN3O2. The monoisotopic (exact) mass is 469 g/mol. The van der Waals surface area contributed by atoms with Gasteiger partial charge in [0.05, 0.1) is 13.2 Å². The first kappa shape index (κ1) is 22.2. The average Bonchev–Trinajstić information content (AvgIpc) is 2.62. The molecule has 1 unspecified atom stereocenters. The van der Waals surface area contributed by atoms with Crippen molar-refractivity contribution in [1.29, 1.82) is 0 Å². The van der Waals surface area contributed by atoms with E-state index in [0.717, 1.165) is 29.0 Å². The van der Waals surface area contributed by atoms with Gasteiger partial charge in [-0.2, -0.15) is 0 Å². The molecule has 2 aromatic carbocycles. The van der Waals surface area contributed by atoms with Crippen molar-refractivity contribution in [1.82, 2.24) is 0 Å². The first-order valence-corrected chi connectivity index (χ1v) is 8.50. The normalized spacial score (nSPS) is 12.2. The number of halogens is 1. The van der Waals surface area contributed by atoms with Crippen molar-refractivity contribution in [3.63, 3.8) is 0 Å². The van der Waals surface area contributed by atoms with Crippen LogP contribution < -0.4 is 15.8 Å². The van der Waals surface area contributed by atoms with E-state index in [2.05, 4.69) is 17.2 Å². The second-order valence-electron chi connectivity index (χ2n) is 5.85. The van der Waals surface area contributed by atoms with Gasteiger partial charge >= 0.3 is 0 Å². The van der Waals surface area contributed by atoms with Crippen molar-refractivity contribution in [3.8, 4) is 5.75 Å². The Kier molecular flexibility index (Phi) is 10.0. The molecule has 0 aliphatic carbocycles. The number of hydrogen-bond donors (Lipinski definition) is 2. The highest BCUT2D eigenvalue weighted by molar-refractivity contribution is 14.0. The van der Waals surface area contributed by atoms with E-state index >= 15 is 0 Å². The van der Waals surface area contributed by atoms with E-state index in [1.54, 1.807) is 7.11 Å². The van der Waals surface area contributed by atoms with Crippen molar-refractivity contribution in [2.45, 2.75) is 33.0 Å². The number of benzene rings is 2. The molecule has 0 aromatic heterocycles. The van der Waals surface area contributed by atoms with Crippen LogP contribution in [0.4, 0.5) is 5.69 Å². The molecule has 1 atom stereocenters. The van der Waals surface area contributed by atoms with Gasteiger partial charge in [0.2, 0.25) is 0 Å². The molecule has 0 heterocycles. The average molecular weight is 469 g/mol. The predicted octanol–water partition coefficient (Wildman–Crippen LogP) is 4.34. The molecule has 5 nitrogen and oxygen atoms in total. The highest BCUT2D eigenvalue weighted by Crippen LogP contribution is 2.19. The number of nitrogens with one attached hydrogen (secondary N) is 1. The molecule has 0 fully saturated rings. The number of ether oxygens (including phenoxy) is 2. The standard InChI is InChI=1S/C20H27N3O2.HI/c1-4-17(25-19-12-8-5-9-15(19)2)13-22-20(21)23-18-11-7-6-10-16(18)14-24-3;/h5-12,17H,4,13-14H2,1-3H3,(H3,21,22,23);1H. The molecule has 0 spiro atoms. The van der Waals surface area contributed by atoms with Crippen LogP contribution in [0.25, 0.3) is 0 Å². The fraction of sp³-hybridized carbons (Fsp3) is 0.350. The smallest absolute Gasteiger partial charge is 0.193 e. The maximum Gasteiger partial charge on any atom is 0.193 e. The molecule has 6 heteroatoms. The summed E-state index contributed by atoms with van der Waals surface area (Å²) in [5.74, 6) is 1.26. The Balaban J connectivity index is 0.00000338. The molecule has 0 radical (unpaired) electrons. The first-order valence-electron chi connectivity index (χ1n) is 8.50. The number of anilines is 1. The second-order valence-corrected chi connectivity index (χ2v) is 5.85. The number of nitrogens with zero attached hydrogens (tertiary/aromatic N) is 1. The van der Waals surface area contributed by atoms with E-state index in [1.165, 1.54) is 0 Å². The lowest BCUT2D eigenvalue weighted by Gasteiger charge is -2.18. The van der Waals surface area contributed by atoms with Crippen LogP contribution in [0.3, 0.4) is 0 Å². The van der Waals surface area contributed by atoms with Gasteiger partial charge < -0.3 is 20.5 Å². The van der Waals surface area contributed by atoms with Crippen LogP contribution in [-0.4, -0.2) is 25.7 Å². The fourth-order valence-electron chi connectivity index (χ4n) is 2.42. The van der Waals surface area contributed by atoms with Crippen LogP contribution in [0.5, 0.6) is 5.75 Å². The van der Waals surface area contributed by atoms with Gasteiger partial charge in [0, 0.05) is 18.4 Å². The molecule has 142 valence electrons. The molecule has 0 bridgehead atoms. The molecule has 2 rings (SSSR count). The summed E-state index contributed by atoms with van der Waals surface area (Å²) in [5, 5.41) is 3.14. The van der Waals surface area contributed by atoms with E-state index in [4.69, 9.17) is 15.2 Å². The van der Waals surface area contributed by atoms with Gasteiger partial charge in [0.1, 0.15) is 11.9 Å². The maximum atomic E-state index is 6.05. The number of aliphatic imine (C=N–C) groups is 1. The number of guanidine groups is 1.